The number of nitrogens with two attached hydrogens (primary N) is 1. The molecule has 1 aliphatic heterocycles. The number of nitrogen functional groups attached to an aromatic ring is 1. The smallest absolute Gasteiger partial charge is 0.148 e. The van der Waals surface area contributed by atoms with Crippen LogP contribution >= 0.6 is 0 Å². The van der Waals surface area contributed by atoms with Gasteiger partial charge in [0.25, 0.3) is 0 Å². The van der Waals surface area contributed by atoms with Crippen molar-refractivity contribution < 1.29 is 0 Å². The van der Waals surface area contributed by atoms with Gasteiger partial charge in [0, 0.05) is 31.6 Å². The van der Waals surface area contributed by atoms with Crippen LogP contribution in [0.15, 0.2) is 0 Å². The van der Waals surface area contributed by atoms with Gasteiger partial charge >= 0.3 is 0 Å². The second-order valence-electron chi connectivity index (χ2n) is 6.00. The number of rotatable bonds is 5. The Kier molecular flexibility index (Phi) is 5.36. The van der Waals surface area contributed by atoms with Crippen molar-refractivity contribution in [2.75, 3.05) is 37.5 Å². The lowest BCUT2D eigenvalue weighted by molar-refractivity contribution is 0.247. The number of nitrogens with zero attached hydrogens (tertiary/aromatic N) is 4. The largest absolute Gasteiger partial charge is 0.355 e. The molecular formula is C15H28N6. The Bertz CT molecular complexity index is 475. The number of aryl methyl sites for hydroxylation is 1. The van der Waals surface area contributed by atoms with Crippen LogP contribution < -0.4 is 16.2 Å². The summed E-state index contributed by atoms with van der Waals surface area (Å²) >= 11 is 0. The Balaban J connectivity index is 2.29. The molecule has 21 heavy (non-hydrogen) atoms. The van der Waals surface area contributed by atoms with Crippen molar-refractivity contribution >= 4 is 11.6 Å². The summed E-state index contributed by atoms with van der Waals surface area (Å²) in [7, 11) is 4.32. The van der Waals surface area contributed by atoms with Crippen molar-refractivity contribution in [2.24, 2.45) is 5.84 Å². The van der Waals surface area contributed by atoms with Gasteiger partial charge in [0.2, 0.25) is 0 Å². The van der Waals surface area contributed by atoms with Crippen LogP contribution in [0.25, 0.3) is 0 Å². The molecule has 0 aliphatic carbocycles. The van der Waals surface area contributed by atoms with E-state index in [0.29, 0.717) is 6.04 Å². The molecule has 118 valence electrons. The van der Waals surface area contributed by atoms with Gasteiger partial charge < -0.3 is 15.2 Å². The third-order valence-electron chi connectivity index (χ3n) is 4.26. The SMILES string of the molecule is CCCc1nc(NN)c(C)c(N(C)C2CCCN(C)C2)n1. The number of hydrogen-bond donors (Lipinski definition) is 2. The predicted molar refractivity (Wildman–Crippen MR) is 87.5 cm³/mol. The Morgan fingerprint density at radius 3 is 2.81 bits per heavy atom. The molecule has 6 nitrogen and oxygen atoms in total. The standard InChI is InChI=1S/C15H28N6/c1-5-7-13-17-14(19-16)11(2)15(18-13)21(4)12-8-6-9-20(3)10-12/h12H,5-10,16H2,1-4H3,(H,17,18,19). The first-order valence-corrected chi connectivity index (χ1v) is 7.82. The quantitative estimate of drug-likeness (QED) is 0.634. The second kappa shape index (κ2) is 7.04. The van der Waals surface area contributed by atoms with Gasteiger partial charge in [-0.2, -0.15) is 0 Å². The molecule has 6 heteroatoms. The number of piperidine rings is 1. The number of anilines is 2. The Hall–Kier alpha value is -1.40. The van der Waals surface area contributed by atoms with Crippen molar-refractivity contribution in [1.29, 1.82) is 0 Å². The molecule has 0 spiro atoms. The zero-order chi connectivity index (χ0) is 15.4. The van der Waals surface area contributed by atoms with Crippen LogP contribution in [0.1, 0.15) is 37.6 Å². The van der Waals surface area contributed by atoms with Crippen LogP contribution in [-0.4, -0.2) is 48.1 Å². The highest BCUT2D eigenvalue weighted by Crippen LogP contribution is 2.26. The van der Waals surface area contributed by atoms with E-state index in [4.69, 9.17) is 10.8 Å². The molecule has 0 bridgehead atoms. The van der Waals surface area contributed by atoms with Crippen molar-refractivity contribution in [1.82, 2.24) is 14.9 Å². The molecular weight excluding hydrogens is 264 g/mol. The van der Waals surface area contributed by atoms with Crippen molar-refractivity contribution in [3.05, 3.63) is 11.4 Å². The van der Waals surface area contributed by atoms with Crippen LogP contribution in [0.2, 0.25) is 0 Å². The van der Waals surface area contributed by atoms with E-state index in [1.807, 2.05) is 6.92 Å². The first-order valence-electron chi connectivity index (χ1n) is 7.82. The topological polar surface area (TPSA) is 70.3 Å². The molecule has 1 aliphatic rings. The van der Waals surface area contributed by atoms with Gasteiger partial charge in [-0.25, -0.2) is 15.8 Å². The molecule has 1 aromatic heterocycles. The molecule has 1 fully saturated rings. The van der Waals surface area contributed by atoms with E-state index in [9.17, 15) is 0 Å². The molecule has 1 unspecified atom stereocenters. The fourth-order valence-corrected chi connectivity index (χ4v) is 3.00. The van der Waals surface area contributed by atoms with Gasteiger partial charge in [-0.3, -0.25) is 0 Å². The monoisotopic (exact) mass is 292 g/mol. The molecule has 0 aromatic carbocycles. The molecule has 3 N–H and O–H groups in total. The second-order valence-corrected chi connectivity index (χ2v) is 6.00. The van der Waals surface area contributed by atoms with Gasteiger partial charge in [-0.05, 0) is 39.8 Å². The van der Waals surface area contributed by atoms with Gasteiger partial charge in [0.1, 0.15) is 17.5 Å². The minimum Gasteiger partial charge on any atom is -0.355 e. The summed E-state index contributed by atoms with van der Waals surface area (Å²) in [6.07, 6.45) is 4.35. The van der Waals surface area contributed by atoms with E-state index in [1.165, 1.54) is 19.4 Å². The Morgan fingerprint density at radius 2 is 2.19 bits per heavy atom. The van der Waals surface area contributed by atoms with E-state index >= 15 is 0 Å². The number of likely N-dealkylation sites (N-methyl/N-ethyl adjacent to an activating group) is 2. The minimum atomic E-state index is 0.498. The highest BCUT2D eigenvalue weighted by Gasteiger charge is 2.24. The van der Waals surface area contributed by atoms with Crippen LogP contribution in [0.3, 0.4) is 0 Å². The maximum absolute atomic E-state index is 5.62. The molecule has 0 saturated carbocycles. The van der Waals surface area contributed by atoms with Gasteiger partial charge in [-0.1, -0.05) is 6.92 Å². The third kappa shape index (κ3) is 3.63. The van der Waals surface area contributed by atoms with Crippen LogP contribution in [0.4, 0.5) is 11.6 Å². The molecule has 2 rings (SSSR count). The van der Waals surface area contributed by atoms with E-state index < -0.39 is 0 Å². The zero-order valence-electron chi connectivity index (χ0n) is 13.7. The van der Waals surface area contributed by atoms with E-state index in [1.54, 1.807) is 0 Å². The molecule has 0 radical (unpaired) electrons. The maximum atomic E-state index is 5.62. The molecule has 1 saturated heterocycles. The van der Waals surface area contributed by atoms with Crippen molar-refractivity contribution in [3.63, 3.8) is 0 Å². The van der Waals surface area contributed by atoms with Crippen LogP contribution in [0, 0.1) is 6.92 Å². The fourth-order valence-electron chi connectivity index (χ4n) is 3.00. The number of aromatic nitrogens is 2. The predicted octanol–water partition coefficient (Wildman–Crippen LogP) is 1.55. The Morgan fingerprint density at radius 1 is 1.43 bits per heavy atom. The molecule has 1 atom stereocenters. The number of hydrogen-bond acceptors (Lipinski definition) is 6. The van der Waals surface area contributed by atoms with Crippen molar-refractivity contribution in [3.8, 4) is 0 Å². The summed E-state index contributed by atoms with van der Waals surface area (Å²) in [5, 5.41) is 0. The summed E-state index contributed by atoms with van der Waals surface area (Å²) in [6, 6.07) is 0.498. The van der Waals surface area contributed by atoms with Gasteiger partial charge in [0.05, 0.1) is 0 Å². The zero-order valence-corrected chi connectivity index (χ0v) is 13.7. The van der Waals surface area contributed by atoms with Gasteiger partial charge in [-0.15, -0.1) is 0 Å². The lowest BCUT2D eigenvalue weighted by atomic mass is 10.0. The van der Waals surface area contributed by atoms with Crippen LogP contribution in [-0.2, 0) is 6.42 Å². The average molecular weight is 292 g/mol. The number of likely N-dealkylation sites (tertiary alicyclic amines) is 1. The summed E-state index contributed by atoms with van der Waals surface area (Å²) in [5.74, 6) is 8.22. The highest BCUT2D eigenvalue weighted by molar-refractivity contribution is 5.58. The van der Waals surface area contributed by atoms with E-state index in [-0.39, 0.29) is 0 Å². The third-order valence-corrected chi connectivity index (χ3v) is 4.26. The number of nitrogens with one attached hydrogen (secondary N) is 1. The van der Waals surface area contributed by atoms with Crippen LogP contribution in [0.5, 0.6) is 0 Å². The first-order chi connectivity index (χ1) is 10.1. The average Bonchev–Trinajstić information content (AvgIpc) is 2.48. The summed E-state index contributed by atoms with van der Waals surface area (Å²) < 4.78 is 0. The fraction of sp³-hybridized carbons (Fsp3) is 0.733. The lowest BCUT2D eigenvalue weighted by Gasteiger charge is -2.37. The summed E-state index contributed by atoms with van der Waals surface area (Å²) in [6.45, 7) is 6.43. The lowest BCUT2D eigenvalue weighted by Crippen LogP contribution is -2.45. The summed E-state index contributed by atoms with van der Waals surface area (Å²) in [4.78, 5) is 14.0. The van der Waals surface area contributed by atoms with Crippen molar-refractivity contribution in [2.45, 2.75) is 45.6 Å². The molecule has 1 aromatic rings. The van der Waals surface area contributed by atoms with Gasteiger partial charge in [0.15, 0.2) is 0 Å². The molecule has 2 heterocycles. The summed E-state index contributed by atoms with van der Waals surface area (Å²) in [5.41, 5.74) is 3.73. The number of hydrazine groups is 1. The highest BCUT2D eigenvalue weighted by atomic mass is 15.3. The first kappa shape index (κ1) is 16.0. The van der Waals surface area contributed by atoms with E-state index in [2.05, 4.69) is 41.2 Å². The molecule has 0 amide bonds. The normalized spacial score (nSPS) is 19.6. The minimum absolute atomic E-state index is 0.498. The maximum Gasteiger partial charge on any atom is 0.148 e. The Labute approximate surface area is 127 Å². The van der Waals surface area contributed by atoms with E-state index in [0.717, 1.165) is 42.4 Å².